The number of benzene rings is 3. The van der Waals surface area contributed by atoms with Gasteiger partial charge in [0.1, 0.15) is 18.5 Å². The van der Waals surface area contributed by atoms with Gasteiger partial charge in [-0.3, -0.25) is 14.9 Å². The number of nitrogen functional groups attached to an aromatic ring is 1. The molecule has 3 aromatic rings. The van der Waals surface area contributed by atoms with Gasteiger partial charge in [0, 0.05) is 5.56 Å². The molecule has 0 saturated carbocycles. The van der Waals surface area contributed by atoms with Gasteiger partial charge in [-0.2, -0.15) is 0 Å². The molecule has 0 fully saturated rings. The summed E-state index contributed by atoms with van der Waals surface area (Å²) in [4.78, 5) is 37.1. The number of nitrogens with one attached hydrogen (secondary N) is 2. The van der Waals surface area contributed by atoms with E-state index in [0.717, 1.165) is 0 Å². The van der Waals surface area contributed by atoms with Crippen molar-refractivity contribution >= 4 is 29.3 Å². The Morgan fingerprint density at radius 2 is 1.74 bits per heavy atom. The largest absolute Gasteiger partial charge is 0.491 e. The van der Waals surface area contributed by atoms with Gasteiger partial charge < -0.3 is 25.6 Å². The van der Waals surface area contributed by atoms with Crippen molar-refractivity contribution in [1.82, 2.24) is 5.32 Å². The fourth-order valence-corrected chi connectivity index (χ4v) is 3.57. The van der Waals surface area contributed by atoms with Crippen LogP contribution in [0.25, 0.3) is 0 Å². The quantitative estimate of drug-likeness (QED) is 0.156. The molecule has 0 spiro atoms. The molecule has 9 nitrogen and oxygen atoms in total. The van der Waals surface area contributed by atoms with Gasteiger partial charge in [-0.25, -0.2) is 4.79 Å². The Morgan fingerprint density at radius 3 is 2.50 bits per heavy atom. The fraction of sp³-hybridized carbons (Fsp3) is 0.207. The van der Waals surface area contributed by atoms with Gasteiger partial charge in [0.15, 0.2) is 0 Å². The van der Waals surface area contributed by atoms with E-state index < -0.39 is 18.1 Å². The highest BCUT2D eigenvalue weighted by molar-refractivity contribution is 6.03. The van der Waals surface area contributed by atoms with E-state index in [4.69, 9.17) is 20.3 Å². The summed E-state index contributed by atoms with van der Waals surface area (Å²) in [7, 11) is 0. The molecule has 0 bridgehead atoms. The number of carbonyl (C=O) groups is 3. The highest BCUT2D eigenvalue weighted by Gasteiger charge is 2.19. The number of allylic oxidation sites excluding steroid dienone is 1. The predicted octanol–water partition coefficient (Wildman–Crippen LogP) is 4.61. The van der Waals surface area contributed by atoms with E-state index in [0.29, 0.717) is 47.5 Å². The van der Waals surface area contributed by atoms with Gasteiger partial charge in [0.2, 0.25) is 5.91 Å². The SMILES string of the molecule is Nc1ccccc1NC(=O)/C=C/CCC[C@@H](OC(=O)NC(=O)c1ccccc1)c1cccc(OCCO)c1. The minimum Gasteiger partial charge on any atom is -0.491 e. The summed E-state index contributed by atoms with van der Waals surface area (Å²) in [5.74, 6) is -0.353. The molecule has 0 aliphatic carbocycles. The van der Waals surface area contributed by atoms with Crippen molar-refractivity contribution in [1.29, 1.82) is 0 Å². The zero-order chi connectivity index (χ0) is 27.2. The van der Waals surface area contributed by atoms with Crippen molar-refractivity contribution in [2.75, 3.05) is 24.3 Å². The van der Waals surface area contributed by atoms with Crippen LogP contribution in [0.2, 0.25) is 0 Å². The second-order valence-corrected chi connectivity index (χ2v) is 8.27. The Bertz CT molecular complexity index is 1250. The molecule has 5 N–H and O–H groups in total. The molecule has 3 amide bonds. The molecule has 0 aliphatic rings. The summed E-state index contributed by atoms with van der Waals surface area (Å²) < 4.78 is 11.1. The van der Waals surface area contributed by atoms with Crippen LogP contribution >= 0.6 is 0 Å². The zero-order valence-electron chi connectivity index (χ0n) is 20.8. The lowest BCUT2D eigenvalue weighted by atomic mass is 10.0. The standard InChI is InChI=1S/C29H31N3O6/c30-24-14-7-8-15-25(24)31-27(34)17-6-2-5-16-26(22-12-9-13-23(20-22)37-19-18-33)38-29(36)32-28(35)21-10-3-1-4-11-21/h1,3-4,6-15,17,20,26,33H,2,5,16,18-19,30H2,(H,31,34)(H,32,35,36)/b17-6+/t26-/m1/s1. The number of aliphatic hydroxyl groups is 1. The first kappa shape index (κ1) is 27.9. The molecule has 1 atom stereocenters. The third kappa shape index (κ3) is 9.11. The molecule has 0 radical (unpaired) electrons. The smallest absolute Gasteiger partial charge is 0.414 e. The molecule has 3 rings (SSSR count). The first-order chi connectivity index (χ1) is 18.5. The average molecular weight is 518 g/mol. The Balaban J connectivity index is 1.60. The van der Waals surface area contributed by atoms with Gasteiger partial charge in [-0.1, -0.05) is 48.5 Å². The summed E-state index contributed by atoms with van der Waals surface area (Å²) in [6, 6.07) is 22.3. The minimum absolute atomic E-state index is 0.128. The number of unbranched alkanes of at least 4 members (excludes halogenated alkanes) is 1. The molecule has 0 unspecified atom stereocenters. The van der Waals surface area contributed by atoms with Crippen molar-refractivity contribution in [3.8, 4) is 5.75 Å². The van der Waals surface area contributed by atoms with Crippen molar-refractivity contribution in [3.05, 3.63) is 102 Å². The lowest BCUT2D eigenvalue weighted by Gasteiger charge is -2.19. The number of amides is 3. The summed E-state index contributed by atoms with van der Waals surface area (Å²) >= 11 is 0. The Hall–Kier alpha value is -4.63. The highest BCUT2D eigenvalue weighted by Crippen LogP contribution is 2.27. The maximum atomic E-state index is 12.6. The van der Waals surface area contributed by atoms with Crippen LogP contribution in [0.15, 0.2) is 91.0 Å². The Morgan fingerprint density at radius 1 is 0.974 bits per heavy atom. The number of ether oxygens (including phenoxy) is 2. The number of hydrogen-bond acceptors (Lipinski definition) is 7. The summed E-state index contributed by atoms with van der Waals surface area (Å²) in [6.45, 7) is -0.00648. The number of hydrogen-bond donors (Lipinski definition) is 4. The maximum absolute atomic E-state index is 12.6. The van der Waals surface area contributed by atoms with Gasteiger partial charge in [-0.05, 0) is 67.3 Å². The monoisotopic (exact) mass is 517 g/mol. The molecule has 0 aliphatic heterocycles. The van der Waals surface area contributed by atoms with E-state index in [1.807, 2.05) is 0 Å². The lowest BCUT2D eigenvalue weighted by Crippen LogP contribution is -2.32. The fourth-order valence-electron chi connectivity index (χ4n) is 3.57. The highest BCUT2D eigenvalue weighted by atomic mass is 16.6. The number of alkyl carbamates (subject to hydrolysis) is 1. The summed E-state index contributed by atoms with van der Waals surface area (Å²) in [5.41, 5.74) is 7.86. The number of imide groups is 1. The summed E-state index contributed by atoms with van der Waals surface area (Å²) in [6.07, 6.45) is 3.16. The van der Waals surface area contributed by atoms with E-state index in [1.54, 1.807) is 84.9 Å². The lowest BCUT2D eigenvalue weighted by molar-refractivity contribution is -0.111. The van der Waals surface area contributed by atoms with E-state index in [9.17, 15) is 14.4 Å². The molecular formula is C29H31N3O6. The van der Waals surface area contributed by atoms with E-state index in [2.05, 4.69) is 10.6 Å². The van der Waals surface area contributed by atoms with Gasteiger partial charge in [-0.15, -0.1) is 0 Å². The minimum atomic E-state index is -0.874. The van der Waals surface area contributed by atoms with Gasteiger partial charge in [0.05, 0.1) is 18.0 Å². The van der Waals surface area contributed by atoms with Crippen LogP contribution in [0.5, 0.6) is 5.75 Å². The van der Waals surface area contributed by atoms with E-state index in [1.165, 1.54) is 6.08 Å². The molecule has 0 aromatic heterocycles. The van der Waals surface area contributed by atoms with E-state index >= 15 is 0 Å². The first-order valence-electron chi connectivity index (χ1n) is 12.2. The number of nitrogens with two attached hydrogens (primary N) is 1. The molecule has 198 valence electrons. The number of anilines is 2. The predicted molar refractivity (Wildman–Crippen MR) is 145 cm³/mol. The molecule has 9 heteroatoms. The van der Waals surface area contributed by atoms with Crippen molar-refractivity contribution in [2.45, 2.75) is 25.4 Å². The Labute approximate surface area is 221 Å². The molecule has 0 heterocycles. The average Bonchev–Trinajstić information content (AvgIpc) is 2.93. The van der Waals surface area contributed by atoms with Gasteiger partial charge >= 0.3 is 6.09 Å². The van der Waals surface area contributed by atoms with E-state index in [-0.39, 0.29) is 19.1 Å². The zero-order valence-corrected chi connectivity index (χ0v) is 20.8. The van der Waals surface area contributed by atoms with Crippen LogP contribution in [0.1, 0.15) is 41.3 Å². The number of para-hydroxylation sites is 2. The molecule has 0 saturated heterocycles. The van der Waals surface area contributed by atoms with Crippen molar-refractivity contribution in [3.63, 3.8) is 0 Å². The van der Waals surface area contributed by atoms with Crippen LogP contribution in [-0.4, -0.2) is 36.2 Å². The van der Waals surface area contributed by atoms with Crippen LogP contribution in [-0.2, 0) is 9.53 Å². The summed E-state index contributed by atoms with van der Waals surface area (Å²) in [5, 5.41) is 14.0. The molecular weight excluding hydrogens is 486 g/mol. The first-order valence-corrected chi connectivity index (χ1v) is 12.2. The number of rotatable bonds is 12. The molecule has 38 heavy (non-hydrogen) atoms. The number of carbonyl (C=O) groups excluding carboxylic acids is 3. The van der Waals surface area contributed by atoms with Crippen LogP contribution < -0.4 is 21.1 Å². The third-order valence-electron chi connectivity index (χ3n) is 5.42. The van der Waals surface area contributed by atoms with Crippen LogP contribution in [0, 0.1) is 0 Å². The number of aliphatic hydroxyl groups excluding tert-OH is 1. The van der Waals surface area contributed by atoms with Crippen LogP contribution in [0.4, 0.5) is 16.2 Å². The Kier molecular flexibility index (Phi) is 10.9. The van der Waals surface area contributed by atoms with Crippen LogP contribution in [0.3, 0.4) is 0 Å². The topological polar surface area (TPSA) is 140 Å². The maximum Gasteiger partial charge on any atom is 0.414 e. The normalized spacial score (nSPS) is 11.5. The van der Waals surface area contributed by atoms with Crippen molar-refractivity contribution in [2.24, 2.45) is 0 Å². The molecule has 3 aromatic carbocycles. The second-order valence-electron chi connectivity index (χ2n) is 8.27. The third-order valence-corrected chi connectivity index (χ3v) is 5.42. The van der Waals surface area contributed by atoms with Gasteiger partial charge in [0.25, 0.3) is 5.91 Å². The second kappa shape index (κ2) is 14.8. The van der Waals surface area contributed by atoms with Crippen molar-refractivity contribution < 1.29 is 29.0 Å².